The third kappa shape index (κ3) is 2.58. The number of benzene rings is 2. The molecular weight excluding hydrogens is 318 g/mol. The minimum absolute atomic E-state index is 0.282. The highest BCUT2D eigenvalue weighted by Gasteiger charge is 2.52. The molecule has 4 aliphatic carbocycles. The van der Waals surface area contributed by atoms with Gasteiger partial charge in [-0.15, -0.1) is 0 Å². The quantitative estimate of drug-likeness (QED) is 0.846. The predicted octanol–water partition coefficient (Wildman–Crippen LogP) is 4.84. The standard InChI is InChI=1S/C24H27NO/c25-23(26)20-7-4-8-22(21(20)12-16-5-2-1-3-6-16)24-13-17-9-18(14-24)11-19(10-17)15-24/h1-8,17-19H,9-15H2,(H2,25,26). The van der Waals surface area contributed by atoms with Crippen LogP contribution in [-0.2, 0) is 11.8 Å². The van der Waals surface area contributed by atoms with Crippen LogP contribution in [0.3, 0.4) is 0 Å². The molecule has 4 saturated carbocycles. The van der Waals surface area contributed by atoms with E-state index < -0.39 is 0 Å². The Bertz CT molecular complexity index is 803. The van der Waals surface area contributed by atoms with E-state index in [0.717, 1.165) is 29.7 Å². The highest BCUT2D eigenvalue weighted by molar-refractivity contribution is 5.95. The summed E-state index contributed by atoms with van der Waals surface area (Å²) in [5, 5.41) is 0. The highest BCUT2D eigenvalue weighted by atomic mass is 16.1. The Morgan fingerprint density at radius 3 is 2.08 bits per heavy atom. The summed E-state index contributed by atoms with van der Waals surface area (Å²) in [6.07, 6.45) is 9.03. The van der Waals surface area contributed by atoms with Crippen molar-refractivity contribution >= 4 is 5.91 Å². The van der Waals surface area contributed by atoms with Gasteiger partial charge in [-0.3, -0.25) is 4.79 Å². The van der Waals surface area contributed by atoms with Gasteiger partial charge in [-0.1, -0.05) is 42.5 Å². The molecule has 0 heterocycles. The van der Waals surface area contributed by atoms with E-state index in [1.165, 1.54) is 55.2 Å². The smallest absolute Gasteiger partial charge is 0.248 e. The first-order valence-electron chi connectivity index (χ1n) is 10.1. The zero-order valence-electron chi connectivity index (χ0n) is 15.3. The number of primary amides is 1. The van der Waals surface area contributed by atoms with Crippen LogP contribution in [0, 0.1) is 17.8 Å². The fraction of sp³-hybridized carbons (Fsp3) is 0.458. The number of hydrogen-bond acceptors (Lipinski definition) is 1. The van der Waals surface area contributed by atoms with E-state index in [1.807, 2.05) is 12.1 Å². The molecule has 2 aromatic rings. The van der Waals surface area contributed by atoms with Crippen molar-refractivity contribution in [3.05, 3.63) is 70.8 Å². The molecule has 2 nitrogen and oxygen atoms in total. The van der Waals surface area contributed by atoms with E-state index >= 15 is 0 Å². The summed E-state index contributed by atoms with van der Waals surface area (Å²) in [4.78, 5) is 12.2. The van der Waals surface area contributed by atoms with Gasteiger partial charge in [-0.25, -0.2) is 0 Å². The Hall–Kier alpha value is -2.09. The van der Waals surface area contributed by atoms with Gasteiger partial charge in [-0.2, -0.15) is 0 Å². The number of carbonyl (C=O) groups is 1. The molecule has 4 bridgehead atoms. The molecular formula is C24H27NO. The molecule has 0 radical (unpaired) electrons. The monoisotopic (exact) mass is 345 g/mol. The Balaban J connectivity index is 1.63. The lowest BCUT2D eigenvalue weighted by molar-refractivity contribution is -0.00555. The van der Waals surface area contributed by atoms with Crippen LogP contribution in [0.2, 0.25) is 0 Å². The third-order valence-electron chi connectivity index (χ3n) is 7.27. The largest absolute Gasteiger partial charge is 0.366 e. The zero-order valence-corrected chi connectivity index (χ0v) is 15.3. The van der Waals surface area contributed by atoms with E-state index in [4.69, 9.17) is 5.73 Å². The van der Waals surface area contributed by atoms with Crippen LogP contribution in [-0.4, -0.2) is 5.91 Å². The maximum atomic E-state index is 12.2. The van der Waals surface area contributed by atoms with Gasteiger partial charge in [0.15, 0.2) is 0 Å². The van der Waals surface area contributed by atoms with Crippen molar-refractivity contribution in [2.45, 2.75) is 50.4 Å². The van der Waals surface area contributed by atoms with Crippen LogP contribution in [0.5, 0.6) is 0 Å². The second kappa shape index (κ2) is 5.97. The molecule has 2 N–H and O–H groups in total. The van der Waals surface area contributed by atoms with Gasteiger partial charge in [0, 0.05) is 5.56 Å². The Morgan fingerprint density at radius 1 is 0.885 bits per heavy atom. The summed E-state index contributed by atoms with van der Waals surface area (Å²) >= 11 is 0. The molecule has 2 aromatic carbocycles. The van der Waals surface area contributed by atoms with Crippen molar-refractivity contribution in [2.24, 2.45) is 23.5 Å². The zero-order chi connectivity index (χ0) is 17.7. The first-order valence-corrected chi connectivity index (χ1v) is 10.1. The average Bonchev–Trinajstić information content (AvgIpc) is 2.61. The van der Waals surface area contributed by atoms with Gasteiger partial charge in [0.25, 0.3) is 0 Å². The van der Waals surface area contributed by atoms with Crippen LogP contribution < -0.4 is 5.73 Å². The molecule has 134 valence electrons. The van der Waals surface area contributed by atoms with Crippen molar-refractivity contribution in [3.63, 3.8) is 0 Å². The molecule has 4 aliphatic rings. The Kier molecular flexibility index (Phi) is 3.70. The number of carbonyl (C=O) groups excluding carboxylic acids is 1. The molecule has 0 aromatic heterocycles. The number of nitrogens with two attached hydrogens (primary N) is 1. The molecule has 0 aliphatic heterocycles. The van der Waals surface area contributed by atoms with E-state index in [1.54, 1.807) is 0 Å². The molecule has 4 fully saturated rings. The Labute approximate surface area is 155 Å². The maximum Gasteiger partial charge on any atom is 0.248 e. The predicted molar refractivity (Wildman–Crippen MR) is 104 cm³/mol. The number of amides is 1. The van der Waals surface area contributed by atoms with Crippen molar-refractivity contribution < 1.29 is 4.79 Å². The topological polar surface area (TPSA) is 43.1 Å². The molecule has 0 atom stereocenters. The molecule has 0 saturated heterocycles. The number of hydrogen-bond donors (Lipinski definition) is 1. The highest BCUT2D eigenvalue weighted by Crippen LogP contribution is 2.61. The van der Waals surface area contributed by atoms with Crippen molar-refractivity contribution in [2.75, 3.05) is 0 Å². The van der Waals surface area contributed by atoms with E-state index in [2.05, 4.69) is 36.4 Å². The first-order chi connectivity index (χ1) is 12.6. The summed E-state index contributed by atoms with van der Waals surface area (Å²) in [5.74, 6) is 2.39. The molecule has 1 amide bonds. The summed E-state index contributed by atoms with van der Waals surface area (Å²) in [5.41, 5.74) is 10.7. The van der Waals surface area contributed by atoms with Gasteiger partial charge in [0.1, 0.15) is 0 Å². The number of rotatable bonds is 4. The molecule has 6 rings (SSSR count). The maximum absolute atomic E-state index is 12.2. The average molecular weight is 345 g/mol. The lowest BCUT2D eigenvalue weighted by atomic mass is 9.47. The third-order valence-corrected chi connectivity index (χ3v) is 7.27. The lowest BCUT2D eigenvalue weighted by Gasteiger charge is -2.57. The van der Waals surface area contributed by atoms with Crippen LogP contribution >= 0.6 is 0 Å². The minimum atomic E-state index is -0.289. The normalized spacial score (nSPS) is 31.9. The van der Waals surface area contributed by atoms with Crippen molar-refractivity contribution in [1.82, 2.24) is 0 Å². The fourth-order valence-electron chi connectivity index (χ4n) is 6.75. The molecule has 0 spiro atoms. The van der Waals surface area contributed by atoms with Gasteiger partial charge in [-0.05, 0) is 90.9 Å². The lowest BCUT2D eigenvalue weighted by Crippen LogP contribution is -2.49. The van der Waals surface area contributed by atoms with E-state index in [0.29, 0.717) is 0 Å². The fourth-order valence-corrected chi connectivity index (χ4v) is 6.75. The second-order valence-electron chi connectivity index (χ2n) is 9.06. The van der Waals surface area contributed by atoms with E-state index in [9.17, 15) is 4.79 Å². The summed E-state index contributed by atoms with van der Waals surface area (Å²) in [6, 6.07) is 16.8. The second-order valence-corrected chi connectivity index (χ2v) is 9.06. The van der Waals surface area contributed by atoms with Crippen LogP contribution in [0.1, 0.15) is 65.6 Å². The molecule has 2 heteroatoms. The molecule has 0 unspecified atom stereocenters. The summed E-state index contributed by atoms with van der Waals surface area (Å²) < 4.78 is 0. The van der Waals surface area contributed by atoms with Crippen LogP contribution in [0.15, 0.2) is 48.5 Å². The van der Waals surface area contributed by atoms with Crippen LogP contribution in [0.4, 0.5) is 0 Å². The first kappa shape index (κ1) is 16.1. The molecule has 26 heavy (non-hydrogen) atoms. The van der Waals surface area contributed by atoms with Gasteiger partial charge >= 0.3 is 0 Å². The van der Waals surface area contributed by atoms with Crippen LogP contribution in [0.25, 0.3) is 0 Å². The van der Waals surface area contributed by atoms with Gasteiger partial charge in [0.05, 0.1) is 0 Å². The van der Waals surface area contributed by atoms with Crippen molar-refractivity contribution in [3.8, 4) is 0 Å². The Morgan fingerprint density at radius 2 is 1.50 bits per heavy atom. The summed E-state index contributed by atoms with van der Waals surface area (Å²) in [7, 11) is 0. The summed E-state index contributed by atoms with van der Waals surface area (Å²) in [6.45, 7) is 0. The van der Waals surface area contributed by atoms with Gasteiger partial charge in [0.2, 0.25) is 5.91 Å². The van der Waals surface area contributed by atoms with Crippen molar-refractivity contribution in [1.29, 1.82) is 0 Å². The van der Waals surface area contributed by atoms with E-state index in [-0.39, 0.29) is 11.3 Å². The minimum Gasteiger partial charge on any atom is -0.366 e. The SMILES string of the molecule is NC(=O)c1cccc(C23CC4CC(CC(C4)C2)C3)c1Cc1ccccc1. The van der Waals surface area contributed by atoms with Gasteiger partial charge < -0.3 is 5.73 Å².